The Bertz CT molecular complexity index is 1350. The van der Waals surface area contributed by atoms with E-state index in [0.717, 1.165) is 53.0 Å². The molecular formula is C38H55N5O3S. The van der Waals surface area contributed by atoms with Gasteiger partial charge in [0.1, 0.15) is 5.75 Å². The quantitative estimate of drug-likeness (QED) is 0.0892. The number of amides is 2. The van der Waals surface area contributed by atoms with Gasteiger partial charge in [0.2, 0.25) is 11.8 Å². The lowest BCUT2D eigenvalue weighted by Gasteiger charge is -2.40. The maximum absolute atomic E-state index is 13.1. The van der Waals surface area contributed by atoms with Gasteiger partial charge >= 0.3 is 0 Å². The fourth-order valence-corrected chi connectivity index (χ4v) is 7.18. The van der Waals surface area contributed by atoms with Crippen LogP contribution < -0.4 is 4.74 Å². The second kappa shape index (κ2) is 20.1. The molecule has 1 atom stereocenters. The molecule has 2 heterocycles. The minimum atomic E-state index is 0.0572. The number of aromatic nitrogens is 3. The van der Waals surface area contributed by atoms with E-state index in [0.29, 0.717) is 32.5 Å². The number of carbonyl (C=O) groups is 2. The summed E-state index contributed by atoms with van der Waals surface area (Å²) in [6.45, 7) is 6.20. The molecule has 47 heavy (non-hydrogen) atoms. The molecule has 1 fully saturated rings. The van der Waals surface area contributed by atoms with E-state index in [1.165, 1.54) is 57.8 Å². The number of ether oxygens (including phenoxy) is 1. The third-order valence-corrected chi connectivity index (χ3v) is 10.1. The largest absolute Gasteiger partial charge is 0.497 e. The highest BCUT2D eigenvalue weighted by molar-refractivity contribution is 7.99. The number of carbonyl (C=O) groups excluding carboxylic acids is 2. The van der Waals surface area contributed by atoms with Crippen LogP contribution >= 0.6 is 11.8 Å². The second-order valence-corrected chi connectivity index (χ2v) is 13.8. The molecule has 1 aliphatic rings. The van der Waals surface area contributed by atoms with Gasteiger partial charge in [0.05, 0.1) is 7.11 Å². The van der Waals surface area contributed by atoms with Crippen LogP contribution in [0.2, 0.25) is 0 Å². The summed E-state index contributed by atoms with van der Waals surface area (Å²) in [6.07, 6.45) is 16.0. The standard InChI is InChI=1S/C38H55N5O3S/c1-4-5-6-7-8-9-10-11-12-13-17-21-36(45)42-28-27-41(30-31(42)2)35(44)22-18-29-47-38-40-39-37(32-19-15-14-16-20-32)43(38)33-23-25-34(46-3)26-24-33/h14-16,19-20,23-26,31H,4-13,17-18,21-22,27-30H2,1-3H3. The highest BCUT2D eigenvalue weighted by atomic mass is 32.2. The van der Waals surface area contributed by atoms with Crippen molar-refractivity contribution < 1.29 is 14.3 Å². The van der Waals surface area contributed by atoms with Crippen LogP contribution in [0, 0.1) is 0 Å². The van der Waals surface area contributed by atoms with Gasteiger partial charge in [0.25, 0.3) is 0 Å². The first-order chi connectivity index (χ1) is 23.0. The number of methoxy groups -OCH3 is 1. The maximum atomic E-state index is 13.1. The van der Waals surface area contributed by atoms with Gasteiger partial charge in [-0.1, -0.05) is 113 Å². The summed E-state index contributed by atoms with van der Waals surface area (Å²) in [7, 11) is 1.66. The smallest absolute Gasteiger partial charge is 0.222 e. The van der Waals surface area contributed by atoms with Crippen LogP contribution in [0.25, 0.3) is 17.1 Å². The number of nitrogens with zero attached hydrogens (tertiary/aromatic N) is 5. The highest BCUT2D eigenvalue weighted by Gasteiger charge is 2.29. The molecule has 0 N–H and O–H groups in total. The summed E-state index contributed by atoms with van der Waals surface area (Å²) in [6, 6.07) is 18.0. The molecule has 3 aromatic rings. The topological polar surface area (TPSA) is 80.6 Å². The van der Waals surface area contributed by atoms with Crippen LogP contribution in [0.15, 0.2) is 59.8 Å². The van der Waals surface area contributed by atoms with E-state index in [2.05, 4.69) is 28.6 Å². The van der Waals surface area contributed by atoms with Crippen molar-refractivity contribution in [3.63, 3.8) is 0 Å². The lowest BCUT2D eigenvalue weighted by Crippen LogP contribution is -2.55. The molecule has 4 rings (SSSR count). The van der Waals surface area contributed by atoms with Crippen molar-refractivity contribution in [3.8, 4) is 22.8 Å². The molecule has 2 aromatic carbocycles. The summed E-state index contributed by atoms with van der Waals surface area (Å²) in [5.74, 6) is 2.73. The molecule has 8 nitrogen and oxygen atoms in total. The van der Waals surface area contributed by atoms with Gasteiger partial charge in [-0.3, -0.25) is 14.2 Å². The van der Waals surface area contributed by atoms with Crippen molar-refractivity contribution in [3.05, 3.63) is 54.6 Å². The number of hydrogen-bond acceptors (Lipinski definition) is 6. The molecule has 0 radical (unpaired) electrons. The Hall–Kier alpha value is -3.33. The van der Waals surface area contributed by atoms with E-state index >= 15 is 0 Å². The number of benzene rings is 2. The predicted octanol–water partition coefficient (Wildman–Crippen LogP) is 8.58. The van der Waals surface area contributed by atoms with Crippen LogP contribution in [0.5, 0.6) is 5.75 Å². The third-order valence-electron chi connectivity index (χ3n) is 9.06. The normalized spacial score (nSPS) is 14.8. The van der Waals surface area contributed by atoms with E-state index < -0.39 is 0 Å². The Kier molecular flexibility index (Phi) is 15.6. The van der Waals surface area contributed by atoms with Gasteiger partial charge < -0.3 is 14.5 Å². The minimum Gasteiger partial charge on any atom is -0.497 e. The van der Waals surface area contributed by atoms with E-state index in [-0.39, 0.29) is 17.9 Å². The zero-order chi connectivity index (χ0) is 33.3. The predicted molar refractivity (Wildman–Crippen MR) is 192 cm³/mol. The average molecular weight is 662 g/mol. The van der Waals surface area contributed by atoms with Crippen LogP contribution in [-0.4, -0.2) is 74.9 Å². The fourth-order valence-electron chi connectivity index (χ4n) is 6.29. The molecule has 0 saturated carbocycles. The van der Waals surface area contributed by atoms with Gasteiger partial charge in [-0.05, 0) is 44.0 Å². The Balaban J connectivity index is 1.16. The molecule has 0 aliphatic carbocycles. The number of unbranched alkanes of at least 4 members (excludes halogenated alkanes) is 10. The first-order valence-electron chi connectivity index (χ1n) is 17.9. The summed E-state index contributed by atoms with van der Waals surface area (Å²) in [5.41, 5.74) is 1.95. The monoisotopic (exact) mass is 661 g/mol. The zero-order valence-electron chi connectivity index (χ0n) is 28.9. The van der Waals surface area contributed by atoms with E-state index in [9.17, 15) is 9.59 Å². The SMILES string of the molecule is CCCCCCCCCCCCCC(=O)N1CCN(C(=O)CCCSc2nnc(-c3ccccc3)n2-c2ccc(OC)cc2)CC1C. The van der Waals surface area contributed by atoms with E-state index in [1.54, 1.807) is 18.9 Å². The molecule has 1 aliphatic heterocycles. The third kappa shape index (κ3) is 11.4. The van der Waals surface area contributed by atoms with Crippen LogP contribution in [-0.2, 0) is 9.59 Å². The number of piperazine rings is 1. The fraction of sp³-hybridized carbons (Fsp3) is 0.579. The molecule has 9 heteroatoms. The number of thioether (sulfide) groups is 1. The molecule has 2 amide bonds. The zero-order valence-corrected chi connectivity index (χ0v) is 29.7. The Morgan fingerprint density at radius 2 is 1.43 bits per heavy atom. The molecule has 1 aromatic heterocycles. The maximum Gasteiger partial charge on any atom is 0.222 e. The first-order valence-corrected chi connectivity index (χ1v) is 18.9. The molecule has 1 saturated heterocycles. The van der Waals surface area contributed by atoms with E-state index in [1.807, 2.05) is 64.4 Å². The Morgan fingerprint density at radius 3 is 2.06 bits per heavy atom. The number of hydrogen-bond donors (Lipinski definition) is 0. The van der Waals surface area contributed by atoms with Gasteiger partial charge in [-0.2, -0.15) is 0 Å². The van der Waals surface area contributed by atoms with Crippen molar-refractivity contribution >= 4 is 23.6 Å². The summed E-state index contributed by atoms with van der Waals surface area (Å²) in [5, 5.41) is 9.84. The second-order valence-electron chi connectivity index (χ2n) is 12.7. The minimum absolute atomic E-state index is 0.0572. The van der Waals surface area contributed by atoms with Gasteiger partial charge in [0, 0.05) is 55.5 Å². The lowest BCUT2D eigenvalue weighted by atomic mass is 10.0. The van der Waals surface area contributed by atoms with Crippen molar-refractivity contribution in [2.45, 2.75) is 115 Å². The lowest BCUT2D eigenvalue weighted by molar-refractivity contribution is -0.142. The van der Waals surface area contributed by atoms with Gasteiger partial charge in [-0.15, -0.1) is 10.2 Å². The van der Waals surface area contributed by atoms with E-state index in [4.69, 9.17) is 4.74 Å². The van der Waals surface area contributed by atoms with Crippen molar-refractivity contribution in [2.75, 3.05) is 32.5 Å². The first kappa shape index (κ1) is 36.5. The molecule has 256 valence electrons. The Labute approximate surface area is 286 Å². The van der Waals surface area contributed by atoms with Crippen molar-refractivity contribution in [1.82, 2.24) is 24.6 Å². The summed E-state index contributed by atoms with van der Waals surface area (Å²) in [4.78, 5) is 30.0. The highest BCUT2D eigenvalue weighted by Crippen LogP contribution is 2.29. The molecule has 0 bridgehead atoms. The van der Waals surface area contributed by atoms with Crippen LogP contribution in [0.3, 0.4) is 0 Å². The van der Waals surface area contributed by atoms with Crippen molar-refractivity contribution in [1.29, 1.82) is 0 Å². The van der Waals surface area contributed by atoms with Gasteiger partial charge in [-0.25, -0.2) is 0 Å². The van der Waals surface area contributed by atoms with Crippen LogP contribution in [0.1, 0.15) is 104 Å². The molecule has 0 spiro atoms. The van der Waals surface area contributed by atoms with Crippen LogP contribution in [0.4, 0.5) is 0 Å². The molecule has 1 unspecified atom stereocenters. The van der Waals surface area contributed by atoms with Gasteiger partial charge in [0.15, 0.2) is 11.0 Å². The Morgan fingerprint density at radius 1 is 0.787 bits per heavy atom. The molecular weight excluding hydrogens is 607 g/mol. The van der Waals surface area contributed by atoms with Crippen molar-refractivity contribution in [2.24, 2.45) is 0 Å². The number of rotatable bonds is 20. The summed E-state index contributed by atoms with van der Waals surface area (Å²) >= 11 is 1.61. The average Bonchev–Trinajstić information content (AvgIpc) is 3.53. The summed E-state index contributed by atoms with van der Waals surface area (Å²) < 4.78 is 7.42.